The van der Waals surface area contributed by atoms with Crippen LogP contribution in [0.1, 0.15) is 45.6 Å². The van der Waals surface area contributed by atoms with E-state index in [-0.39, 0.29) is 43.7 Å². The van der Waals surface area contributed by atoms with Crippen LogP contribution in [0.25, 0.3) is 0 Å². The molecule has 0 saturated carbocycles. The van der Waals surface area contributed by atoms with E-state index in [0.29, 0.717) is 28.7 Å². The zero-order chi connectivity index (χ0) is 26.9. The zero-order valence-electron chi connectivity index (χ0n) is 21.2. The molecule has 0 bridgehead atoms. The van der Waals surface area contributed by atoms with Crippen molar-refractivity contribution in [2.75, 3.05) is 23.7 Å². The van der Waals surface area contributed by atoms with E-state index in [1.54, 1.807) is 41.3 Å². The summed E-state index contributed by atoms with van der Waals surface area (Å²) in [5.41, 5.74) is 1.29. The monoisotopic (exact) mass is 555 g/mol. The molecule has 0 radical (unpaired) electrons. The minimum Gasteiger partial charge on any atom is -0.354 e. The second-order valence-corrected chi connectivity index (χ2v) is 11.9. The minimum absolute atomic E-state index is 0.0775. The molecule has 2 rings (SSSR count). The van der Waals surface area contributed by atoms with Crippen LogP contribution in [0.15, 0.2) is 48.5 Å². The lowest BCUT2D eigenvalue weighted by Gasteiger charge is -2.31. The van der Waals surface area contributed by atoms with Crippen LogP contribution in [-0.2, 0) is 26.2 Å². The first kappa shape index (κ1) is 29.9. The van der Waals surface area contributed by atoms with Gasteiger partial charge in [0.2, 0.25) is 21.8 Å². The summed E-state index contributed by atoms with van der Waals surface area (Å²) < 4.78 is 26.1. The topological polar surface area (TPSA) is 86.8 Å². The number of benzene rings is 2. The summed E-state index contributed by atoms with van der Waals surface area (Å²) in [6, 6.07) is 13.1. The van der Waals surface area contributed by atoms with Crippen molar-refractivity contribution in [3.63, 3.8) is 0 Å². The molecule has 0 unspecified atom stereocenters. The molecule has 0 aliphatic rings. The number of anilines is 1. The molecule has 0 aliphatic heterocycles. The quantitative estimate of drug-likeness (QED) is 0.371. The largest absolute Gasteiger partial charge is 0.354 e. The van der Waals surface area contributed by atoms with E-state index < -0.39 is 16.1 Å². The predicted octanol–water partition coefficient (Wildman–Crippen LogP) is 5.12. The van der Waals surface area contributed by atoms with Gasteiger partial charge in [0.05, 0.1) is 11.9 Å². The summed E-state index contributed by atoms with van der Waals surface area (Å²) in [6.45, 7) is 6.74. The van der Waals surface area contributed by atoms with Crippen LogP contribution >= 0.6 is 23.2 Å². The molecular weight excluding hydrogens is 521 g/mol. The lowest BCUT2D eigenvalue weighted by Crippen LogP contribution is -2.49. The lowest BCUT2D eigenvalue weighted by molar-refractivity contribution is -0.141. The van der Waals surface area contributed by atoms with Gasteiger partial charge in [-0.3, -0.25) is 13.9 Å². The first-order valence-electron chi connectivity index (χ1n) is 12.0. The van der Waals surface area contributed by atoms with Crippen LogP contribution < -0.4 is 9.62 Å². The third-order valence-corrected chi connectivity index (χ3v) is 7.27. The summed E-state index contributed by atoms with van der Waals surface area (Å²) >= 11 is 12.1. The fourth-order valence-electron chi connectivity index (χ4n) is 3.76. The lowest BCUT2D eigenvalue weighted by atomic mass is 10.1. The fraction of sp³-hybridized carbons (Fsp3) is 0.462. The van der Waals surface area contributed by atoms with Gasteiger partial charge in [-0.25, -0.2) is 8.42 Å². The van der Waals surface area contributed by atoms with E-state index >= 15 is 0 Å². The van der Waals surface area contributed by atoms with Crippen LogP contribution in [0.3, 0.4) is 0 Å². The van der Waals surface area contributed by atoms with Crippen molar-refractivity contribution in [3.05, 3.63) is 64.1 Å². The van der Waals surface area contributed by atoms with E-state index in [4.69, 9.17) is 23.2 Å². The molecule has 1 N–H and O–H groups in total. The van der Waals surface area contributed by atoms with Crippen LogP contribution in [0.5, 0.6) is 0 Å². The smallest absolute Gasteiger partial charge is 0.242 e. The van der Waals surface area contributed by atoms with Crippen LogP contribution in [0.2, 0.25) is 10.0 Å². The van der Waals surface area contributed by atoms with Gasteiger partial charge in [-0.2, -0.15) is 0 Å². The molecule has 0 fully saturated rings. The Morgan fingerprint density at radius 2 is 1.69 bits per heavy atom. The summed E-state index contributed by atoms with van der Waals surface area (Å²) in [4.78, 5) is 28.0. The Morgan fingerprint density at radius 1 is 1.03 bits per heavy atom. The van der Waals surface area contributed by atoms with Crippen molar-refractivity contribution in [1.29, 1.82) is 0 Å². The van der Waals surface area contributed by atoms with Crippen molar-refractivity contribution >= 4 is 50.7 Å². The molecule has 2 aromatic carbocycles. The van der Waals surface area contributed by atoms with Crippen LogP contribution in [-0.4, -0.2) is 50.5 Å². The van der Waals surface area contributed by atoms with Gasteiger partial charge in [0.25, 0.3) is 0 Å². The summed E-state index contributed by atoms with van der Waals surface area (Å²) in [7, 11) is -3.58. The highest BCUT2D eigenvalue weighted by Crippen LogP contribution is 2.23. The Balaban J connectivity index is 2.20. The van der Waals surface area contributed by atoms with Crippen molar-refractivity contribution < 1.29 is 18.0 Å². The maximum atomic E-state index is 13.4. The first-order valence-corrected chi connectivity index (χ1v) is 14.6. The average molecular weight is 557 g/mol. The van der Waals surface area contributed by atoms with Gasteiger partial charge in [-0.15, -0.1) is 0 Å². The maximum absolute atomic E-state index is 13.4. The third kappa shape index (κ3) is 9.30. The maximum Gasteiger partial charge on any atom is 0.242 e. The van der Waals surface area contributed by atoms with Gasteiger partial charge in [-0.1, -0.05) is 62.2 Å². The van der Waals surface area contributed by atoms with Gasteiger partial charge < -0.3 is 10.2 Å². The summed E-state index contributed by atoms with van der Waals surface area (Å²) in [5.74, 6) is -0.151. The standard InChI is InChI=1S/C26H35Cl2N3O4S/c1-5-24(26(33)29-17-19(2)3)30(18-20-11-13-21(27)14-12-20)25(32)10-7-15-31(36(4,34)35)23-9-6-8-22(28)16-23/h6,8-9,11-14,16,19,24H,5,7,10,15,17-18H2,1-4H3,(H,29,33)/t24-/m1/s1. The molecule has 36 heavy (non-hydrogen) atoms. The van der Waals surface area contributed by atoms with Gasteiger partial charge in [-0.05, 0) is 54.7 Å². The number of carbonyl (C=O) groups is 2. The normalized spacial score (nSPS) is 12.3. The number of halogens is 2. The van der Waals surface area contributed by atoms with Crippen molar-refractivity contribution in [2.24, 2.45) is 5.92 Å². The Morgan fingerprint density at radius 3 is 2.25 bits per heavy atom. The molecule has 0 heterocycles. The highest BCUT2D eigenvalue weighted by molar-refractivity contribution is 7.92. The number of rotatable bonds is 13. The van der Waals surface area contributed by atoms with Gasteiger partial charge in [0, 0.05) is 36.1 Å². The van der Waals surface area contributed by atoms with Gasteiger partial charge in [0.15, 0.2) is 0 Å². The Kier molecular flexibility index (Phi) is 11.5. The number of sulfonamides is 1. The third-order valence-electron chi connectivity index (χ3n) is 5.58. The molecule has 0 spiro atoms. The van der Waals surface area contributed by atoms with Gasteiger partial charge >= 0.3 is 0 Å². The van der Waals surface area contributed by atoms with Crippen molar-refractivity contribution in [2.45, 2.75) is 52.6 Å². The molecule has 2 amide bonds. The number of hydrogen-bond acceptors (Lipinski definition) is 4. The van der Waals surface area contributed by atoms with Crippen molar-refractivity contribution in [1.82, 2.24) is 10.2 Å². The molecular formula is C26H35Cl2N3O4S. The molecule has 2 aromatic rings. The predicted molar refractivity (Wildman–Crippen MR) is 147 cm³/mol. The van der Waals surface area contributed by atoms with E-state index in [1.807, 2.05) is 32.9 Å². The number of nitrogens with zero attached hydrogens (tertiary/aromatic N) is 2. The summed E-state index contributed by atoms with van der Waals surface area (Å²) in [5, 5.41) is 3.93. The molecule has 0 aromatic heterocycles. The van der Waals surface area contributed by atoms with E-state index in [1.165, 1.54) is 4.31 Å². The molecule has 7 nitrogen and oxygen atoms in total. The average Bonchev–Trinajstić information content (AvgIpc) is 2.80. The minimum atomic E-state index is -3.58. The SMILES string of the molecule is CC[C@H](C(=O)NCC(C)C)N(Cc1ccc(Cl)cc1)C(=O)CCCN(c1cccc(Cl)c1)S(C)(=O)=O. The van der Waals surface area contributed by atoms with E-state index in [9.17, 15) is 18.0 Å². The number of nitrogens with one attached hydrogen (secondary N) is 1. The highest BCUT2D eigenvalue weighted by atomic mass is 35.5. The van der Waals surface area contributed by atoms with Crippen molar-refractivity contribution in [3.8, 4) is 0 Å². The fourth-order valence-corrected chi connectivity index (χ4v) is 5.03. The highest BCUT2D eigenvalue weighted by Gasteiger charge is 2.29. The van der Waals surface area contributed by atoms with E-state index in [2.05, 4.69) is 5.32 Å². The first-order chi connectivity index (χ1) is 16.9. The summed E-state index contributed by atoms with van der Waals surface area (Å²) in [6.07, 6.45) is 1.92. The van der Waals surface area contributed by atoms with Crippen LogP contribution in [0.4, 0.5) is 5.69 Å². The molecule has 10 heteroatoms. The number of amides is 2. The molecule has 0 aliphatic carbocycles. The Hall–Kier alpha value is -2.29. The second-order valence-electron chi connectivity index (χ2n) is 9.13. The molecule has 1 atom stereocenters. The van der Waals surface area contributed by atoms with E-state index in [0.717, 1.165) is 11.8 Å². The molecule has 0 saturated heterocycles. The van der Waals surface area contributed by atoms with Gasteiger partial charge in [0.1, 0.15) is 6.04 Å². The van der Waals surface area contributed by atoms with Crippen LogP contribution in [0, 0.1) is 5.92 Å². The number of hydrogen-bond donors (Lipinski definition) is 1. The second kappa shape index (κ2) is 13.9. The Bertz CT molecular complexity index is 1120. The number of carbonyl (C=O) groups excluding carboxylic acids is 2. The molecule has 198 valence electrons. The Labute approximate surface area is 224 Å². The zero-order valence-corrected chi connectivity index (χ0v) is 23.5.